The lowest BCUT2D eigenvalue weighted by atomic mass is 10.1. The van der Waals surface area contributed by atoms with Crippen molar-refractivity contribution in [2.75, 3.05) is 12.1 Å². The first-order valence-corrected chi connectivity index (χ1v) is 4.24. The predicted octanol–water partition coefficient (Wildman–Crippen LogP) is 3.55. The topological polar surface area (TPSA) is 23.5 Å². The maximum Gasteiger partial charge on any atom is 0.416 e. The van der Waals surface area contributed by atoms with E-state index in [1.165, 1.54) is 0 Å². The van der Waals surface area contributed by atoms with Gasteiger partial charge in [0.2, 0.25) is 0 Å². The summed E-state index contributed by atoms with van der Waals surface area (Å²) in [6, 6.07) is 0.845. The van der Waals surface area contributed by atoms with Crippen LogP contribution in [0.15, 0.2) is 18.2 Å². The molecule has 0 saturated heterocycles. The molecule has 0 saturated carbocycles. The summed E-state index contributed by atoms with van der Waals surface area (Å²) in [4.78, 5) is 0. The van der Waals surface area contributed by atoms with E-state index in [1.54, 1.807) is 0 Å². The lowest BCUT2D eigenvalue weighted by molar-refractivity contribution is -0.143. The van der Waals surface area contributed by atoms with E-state index in [0.717, 1.165) is 7.05 Å². The lowest BCUT2D eigenvalue weighted by Crippen LogP contribution is -2.15. The first-order valence-electron chi connectivity index (χ1n) is 4.24. The molecular weight excluding hydrogens is 252 g/mol. The predicted molar refractivity (Wildman–Crippen MR) is 46.6 cm³/mol. The van der Waals surface area contributed by atoms with Crippen LogP contribution in [0.1, 0.15) is 11.1 Å². The molecule has 0 spiro atoms. The van der Waals surface area contributed by atoms with Gasteiger partial charge in [-0.2, -0.15) is 26.3 Å². The highest BCUT2D eigenvalue weighted by atomic mass is 19.4. The molecule has 0 atom stereocenters. The highest BCUT2D eigenvalue weighted by molar-refractivity contribution is 5.50. The number of anilines is 1. The van der Waals surface area contributed by atoms with Crippen molar-refractivity contribution in [2.24, 2.45) is 0 Å². The fourth-order valence-electron chi connectivity index (χ4n) is 1.13. The van der Waals surface area contributed by atoms with E-state index in [1.807, 2.05) is 0 Å². The molecule has 17 heavy (non-hydrogen) atoms. The summed E-state index contributed by atoms with van der Waals surface area (Å²) < 4.78 is 74.0. The molecule has 1 aromatic rings. The summed E-state index contributed by atoms with van der Waals surface area (Å²) in [5.74, 6) is 0. The largest absolute Gasteiger partial charge is 0.416 e. The number of benzene rings is 1. The number of hydroxylamine groups is 1. The Balaban J connectivity index is 3.40. The van der Waals surface area contributed by atoms with Crippen molar-refractivity contribution in [3.8, 4) is 0 Å². The summed E-state index contributed by atoms with van der Waals surface area (Å²) in [5, 5.41) is 9.09. The van der Waals surface area contributed by atoms with Crippen LogP contribution in [0.3, 0.4) is 0 Å². The minimum Gasteiger partial charge on any atom is -0.289 e. The van der Waals surface area contributed by atoms with Gasteiger partial charge >= 0.3 is 12.4 Å². The van der Waals surface area contributed by atoms with Gasteiger partial charge in [0.25, 0.3) is 0 Å². The van der Waals surface area contributed by atoms with Gasteiger partial charge in [0, 0.05) is 7.05 Å². The molecule has 0 amide bonds. The number of nitrogens with zero attached hydrogens (tertiary/aromatic N) is 1. The zero-order valence-electron chi connectivity index (χ0n) is 8.39. The first kappa shape index (κ1) is 13.6. The SMILES string of the molecule is CN(O)c1cc(C(F)(F)F)cc(C(F)(F)F)c1. The van der Waals surface area contributed by atoms with Crippen LogP contribution in [0, 0.1) is 0 Å². The summed E-state index contributed by atoms with van der Waals surface area (Å²) in [5.41, 5.74) is -3.53. The Morgan fingerprint density at radius 3 is 1.47 bits per heavy atom. The van der Waals surface area contributed by atoms with E-state index in [4.69, 9.17) is 5.21 Å². The van der Waals surface area contributed by atoms with E-state index >= 15 is 0 Å². The zero-order chi connectivity index (χ0) is 13.4. The van der Waals surface area contributed by atoms with Crippen LogP contribution in [-0.2, 0) is 12.4 Å². The number of hydrogen-bond acceptors (Lipinski definition) is 2. The number of alkyl halides is 6. The molecule has 0 radical (unpaired) electrons. The van der Waals surface area contributed by atoms with E-state index in [0.29, 0.717) is 12.1 Å². The minimum atomic E-state index is -4.91. The molecule has 0 aliphatic rings. The van der Waals surface area contributed by atoms with Gasteiger partial charge in [-0.15, -0.1) is 0 Å². The second-order valence-corrected chi connectivity index (χ2v) is 3.29. The highest BCUT2D eigenvalue weighted by Gasteiger charge is 2.37. The third kappa shape index (κ3) is 3.26. The van der Waals surface area contributed by atoms with E-state index in [-0.39, 0.29) is 11.1 Å². The Labute approximate surface area is 92.0 Å². The molecular formula is C9H7F6NO. The maximum absolute atomic E-state index is 12.3. The number of rotatable bonds is 1. The Morgan fingerprint density at radius 1 is 0.882 bits per heavy atom. The van der Waals surface area contributed by atoms with Gasteiger partial charge in [-0.3, -0.25) is 10.3 Å². The van der Waals surface area contributed by atoms with Crippen LogP contribution in [0.5, 0.6) is 0 Å². The Hall–Kier alpha value is -1.44. The highest BCUT2D eigenvalue weighted by Crippen LogP contribution is 2.37. The van der Waals surface area contributed by atoms with Crippen LogP contribution in [0.2, 0.25) is 0 Å². The molecule has 1 aromatic carbocycles. The average Bonchev–Trinajstić information content (AvgIpc) is 2.14. The molecule has 0 aromatic heterocycles. The van der Waals surface area contributed by atoms with Crippen molar-refractivity contribution < 1.29 is 31.5 Å². The molecule has 1 N–H and O–H groups in total. The average molecular weight is 259 g/mol. The van der Waals surface area contributed by atoms with Crippen molar-refractivity contribution >= 4 is 5.69 Å². The molecule has 0 bridgehead atoms. The van der Waals surface area contributed by atoms with Crippen molar-refractivity contribution in [3.05, 3.63) is 29.3 Å². The molecule has 96 valence electrons. The zero-order valence-corrected chi connectivity index (χ0v) is 8.39. The third-order valence-corrected chi connectivity index (χ3v) is 1.95. The van der Waals surface area contributed by atoms with E-state index < -0.39 is 29.2 Å². The molecule has 2 nitrogen and oxygen atoms in total. The van der Waals surface area contributed by atoms with Crippen LogP contribution < -0.4 is 5.06 Å². The van der Waals surface area contributed by atoms with Crippen molar-refractivity contribution in [1.29, 1.82) is 0 Å². The third-order valence-electron chi connectivity index (χ3n) is 1.95. The molecule has 0 unspecified atom stereocenters. The molecule has 0 aliphatic heterocycles. The maximum atomic E-state index is 12.3. The summed E-state index contributed by atoms with van der Waals surface area (Å²) in [6.45, 7) is 0. The molecule has 0 heterocycles. The van der Waals surface area contributed by atoms with Gasteiger partial charge in [0.15, 0.2) is 0 Å². The normalized spacial score (nSPS) is 12.7. The Morgan fingerprint density at radius 2 is 1.24 bits per heavy atom. The lowest BCUT2D eigenvalue weighted by Gasteiger charge is -2.17. The van der Waals surface area contributed by atoms with Crippen LogP contribution in [-0.4, -0.2) is 12.3 Å². The van der Waals surface area contributed by atoms with Crippen LogP contribution in [0.25, 0.3) is 0 Å². The van der Waals surface area contributed by atoms with Crippen LogP contribution >= 0.6 is 0 Å². The van der Waals surface area contributed by atoms with Gasteiger partial charge in [-0.25, -0.2) is 0 Å². The fourth-order valence-corrected chi connectivity index (χ4v) is 1.13. The van der Waals surface area contributed by atoms with Crippen molar-refractivity contribution in [2.45, 2.75) is 12.4 Å². The van der Waals surface area contributed by atoms with Gasteiger partial charge in [0.1, 0.15) is 0 Å². The Kier molecular flexibility index (Phi) is 3.28. The van der Waals surface area contributed by atoms with Crippen molar-refractivity contribution in [3.63, 3.8) is 0 Å². The molecule has 8 heteroatoms. The van der Waals surface area contributed by atoms with Gasteiger partial charge in [0.05, 0.1) is 16.8 Å². The van der Waals surface area contributed by atoms with Gasteiger partial charge in [-0.05, 0) is 18.2 Å². The first-order chi connectivity index (χ1) is 7.51. The molecule has 0 fully saturated rings. The second-order valence-electron chi connectivity index (χ2n) is 3.29. The van der Waals surface area contributed by atoms with Crippen molar-refractivity contribution in [1.82, 2.24) is 0 Å². The standard InChI is InChI=1S/C9H7F6NO/c1-16(17)7-3-5(8(10,11)12)2-6(4-7)9(13,14)15/h2-4,17H,1H3. The van der Waals surface area contributed by atoms with E-state index in [9.17, 15) is 26.3 Å². The van der Waals surface area contributed by atoms with Gasteiger partial charge in [-0.1, -0.05) is 0 Å². The number of halogens is 6. The molecule has 1 rings (SSSR count). The van der Waals surface area contributed by atoms with Crippen LogP contribution in [0.4, 0.5) is 32.0 Å². The Bertz CT molecular complexity index is 377. The van der Waals surface area contributed by atoms with Gasteiger partial charge < -0.3 is 0 Å². The fraction of sp³-hybridized carbons (Fsp3) is 0.333. The number of hydrogen-bond donors (Lipinski definition) is 1. The second kappa shape index (κ2) is 4.10. The molecule has 0 aliphatic carbocycles. The van der Waals surface area contributed by atoms with E-state index in [2.05, 4.69) is 0 Å². The summed E-state index contributed by atoms with van der Waals surface area (Å²) >= 11 is 0. The summed E-state index contributed by atoms with van der Waals surface area (Å²) in [7, 11) is 0.926. The summed E-state index contributed by atoms with van der Waals surface area (Å²) in [6.07, 6.45) is -9.82. The quantitative estimate of drug-likeness (QED) is 0.615. The minimum absolute atomic E-state index is 0.00694. The monoisotopic (exact) mass is 259 g/mol. The smallest absolute Gasteiger partial charge is 0.289 e.